The zero-order valence-electron chi connectivity index (χ0n) is 13.2. The summed E-state index contributed by atoms with van der Waals surface area (Å²) in [5.74, 6) is 0.801. The van der Waals surface area contributed by atoms with E-state index in [2.05, 4.69) is 17.0 Å². The number of hydrogen-bond donors (Lipinski definition) is 1. The first-order valence-corrected chi connectivity index (χ1v) is 8.30. The standard InChI is InChI=1S/C18H25NO3/c1-22-15-8-6-13(7-9-15)10-11-19-16-5-3-2-4-14(16)12-17(19)18(20)21/h6-9,14,16-17H,2-5,10-12H2,1H3,(H,20,21)/t14-,16+,17-/m0/s1. The lowest BCUT2D eigenvalue weighted by Gasteiger charge is -2.33. The first-order valence-electron chi connectivity index (χ1n) is 8.30. The average Bonchev–Trinajstić information content (AvgIpc) is 2.92. The van der Waals surface area contributed by atoms with E-state index in [1.165, 1.54) is 24.8 Å². The van der Waals surface area contributed by atoms with Crippen LogP contribution < -0.4 is 4.74 Å². The van der Waals surface area contributed by atoms with Crippen LogP contribution in [0.1, 0.15) is 37.7 Å². The normalized spacial score (nSPS) is 28.3. The highest BCUT2D eigenvalue weighted by molar-refractivity contribution is 5.74. The summed E-state index contributed by atoms with van der Waals surface area (Å²) in [5, 5.41) is 9.54. The van der Waals surface area contributed by atoms with Gasteiger partial charge in [-0.25, -0.2) is 0 Å². The SMILES string of the molecule is COc1ccc(CCN2[C@@H]3CCCC[C@H]3C[C@H]2C(=O)O)cc1. The van der Waals surface area contributed by atoms with Crippen LogP contribution in [0.4, 0.5) is 0 Å². The molecule has 4 nitrogen and oxygen atoms in total. The van der Waals surface area contributed by atoms with E-state index >= 15 is 0 Å². The predicted molar refractivity (Wildman–Crippen MR) is 85.2 cm³/mol. The van der Waals surface area contributed by atoms with Crippen molar-refractivity contribution in [2.45, 2.75) is 50.6 Å². The van der Waals surface area contributed by atoms with Gasteiger partial charge in [0.25, 0.3) is 0 Å². The number of hydrogen-bond acceptors (Lipinski definition) is 3. The van der Waals surface area contributed by atoms with Gasteiger partial charge in [-0.2, -0.15) is 0 Å². The van der Waals surface area contributed by atoms with E-state index in [0.29, 0.717) is 12.0 Å². The molecular weight excluding hydrogens is 278 g/mol. The highest BCUT2D eigenvalue weighted by Gasteiger charge is 2.44. The van der Waals surface area contributed by atoms with Crippen molar-refractivity contribution in [3.8, 4) is 5.75 Å². The van der Waals surface area contributed by atoms with E-state index in [9.17, 15) is 9.90 Å². The maximum absolute atomic E-state index is 11.6. The number of carbonyl (C=O) groups is 1. The fourth-order valence-electron chi connectivity index (χ4n) is 4.17. The molecule has 1 aliphatic carbocycles. The molecule has 1 saturated carbocycles. The van der Waals surface area contributed by atoms with Gasteiger partial charge in [0.1, 0.15) is 11.8 Å². The van der Waals surface area contributed by atoms with Crippen LogP contribution in [0, 0.1) is 5.92 Å². The number of likely N-dealkylation sites (tertiary alicyclic amines) is 1. The third-order valence-corrected chi connectivity index (χ3v) is 5.32. The second-order valence-electron chi connectivity index (χ2n) is 6.54. The topological polar surface area (TPSA) is 49.8 Å². The Morgan fingerprint density at radius 1 is 1.27 bits per heavy atom. The Balaban J connectivity index is 1.66. The molecule has 4 heteroatoms. The van der Waals surface area contributed by atoms with Crippen LogP contribution in [0.5, 0.6) is 5.75 Å². The Labute approximate surface area is 132 Å². The minimum atomic E-state index is -0.649. The lowest BCUT2D eigenvalue weighted by Crippen LogP contribution is -2.43. The monoisotopic (exact) mass is 303 g/mol. The van der Waals surface area contributed by atoms with E-state index in [1.807, 2.05) is 12.1 Å². The number of rotatable bonds is 5. The molecular formula is C18H25NO3. The highest BCUT2D eigenvalue weighted by Crippen LogP contribution is 2.39. The van der Waals surface area contributed by atoms with Gasteiger partial charge in [-0.3, -0.25) is 9.69 Å². The zero-order chi connectivity index (χ0) is 15.5. The van der Waals surface area contributed by atoms with Crippen LogP contribution in [0.25, 0.3) is 0 Å². The van der Waals surface area contributed by atoms with Crippen LogP contribution in [-0.2, 0) is 11.2 Å². The third kappa shape index (κ3) is 3.12. The first-order chi connectivity index (χ1) is 10.7. The number of ether oxygens (including phenoxy) is 1. The first kappa shape index (κ1) is 15.3. The third-order valence-electron chi connectivity index (χ3n) is 5.32. The molecule has 1 aromatic carbocycles. The molecule has 3 rings (SSSR count). The molecule has 0 radical (unpaired) electrons. The Morgan fingerprint density at radius 2 is 2.00 bits per heavy atom. The molecule has 22 heavy (non-hydrogen) atoms. The fourth-order valence-corrected chi connectivity index (χ4v) is 4.17. The molecule has 1 saturated heterocycles. The molecule has 1 N–H and O–H groups in total. The lowest BCUT2D eigenvalue weighted by atomic mass is 9.84. The van der Waals surface area contributed by atoms with Crippen LogP contribution >= 0.6 is 0 Å². The molecule has 1 aromatic rings. The number of carboxylic acids is 1. The van der Waals surface area contributed by atoms with Crippen molar-refractivity contribution in [3.63, 3.8) is 0 Å². The van der Waals surface area contributed by atoms with Gasteiger partial charge in [-0.05, 0) is 49.3 Å². The number of nitrogens with zero attached hydrogens (tertiary/aromatic N) is 1. The molecule has 120 valence electrons. The summed E-state index contributed by atoms with van der Waals surface area (Å²) in [4.78, 5) is 13.9. The largest absolute Gasteiger partial charge is 0.497 e. The molecule has 0 unspecified atom stereocenters. The van der Waals surface area contributed by atoms with Gasteiger partial charge < -0.3 is 9.84 Å². The molecule has 1 heterocycles. The number of fused-ring (bicyclic) bond motifs is 1. The van der Waals surface area contributed by atoms with E-state index in [1.54, 1.807) is 7.11 Å². The summed E-state index contributed by atoms with van der Waals surface area (Å²) < 4.78 is 5.18. The summed E-state index contributed by atoms with van der Waals surface area (Å²) in [6.45, 7) is 0.838. The van der Waals surface area contributed by atoms with Gasteiger partial charge >= 0.3 is 5.97 Å². The number of methoxy groups -OCH3 is 1. The van der Waals surface area contributed by atoms with Gasteiger partial charge in [0, 0.05) is 12.6 Å². The van der Waals surface area contributed by atoms with Crippen molar-refractivity contribution in [1.82, 2.24) is 4.90 Å². The van der Waals surface area contributed by atoms with E-state index < -0.39 is 5.97 Å². The maximum Gasteiger partial charge on any atom is 0.320 e. The van der Waals surface area contributed by atoms with Crippen molar-refractivity contribution in [1.29, 1.82) is 0 Å². The van der Waals surface area contributed by atoms with Crippen molar-refractivity contribution in [2.24, 2.45) is 5.92 Å². The van der Waals surface area contributed by atoms with E-state index in [4.69, 9.17) is 4.74 Å². The van der Waals surface area contributed by atoms with Gasteiger partial charge in [0.2, 0.25) is 0 Å². The van der Waals surface area contributed by atoms with Gasteiger partial charge in [0.05, 0.1) is 7.11 Å². The predicted octanol–water partition coefficient (Wildman–Crippen LogP) is 2.96. The Morgan fingerprint density at radius 3 is 2.68 bits per heavy atom. The lowest BCUT2D eigenvalue weighted by molar-refractivity contribution is -0.142. The highest BCUT2D eigenvalue weighted by atomic mass is 16.5. The van der Waals surface area contributed by atoms with Crippen LogP contribution in [0.15, 0.2) is 24.3 Å². The zero-order valence-corrected chi connectivity index (χ0v) is 13.2. The fraction of sp³-hybridized carbons (Fsp3) is 0.611. The van der Waals surface area contributed by atoms with E-state index in [0.717, 1.165) is 31.6 Å². The average molecular weight is 303 g/mol. The van der Waals surface area contributed by atoms with Crippen LogP contribution in [0.3, 0.4) is 0 Å². The molecule has 3 atom stereocenters. The smallest absolute Gasteiger partial charge is 0.320 e. The second-order valence-corrected chi connectivity index (χ2v) is 6.54. The Hall–Kier alpha value is -1.55. The number of benzene rings is 1. The molecule has 0 amide bonds. The van der Waals surface area contributed by atoms with Crippen LogP contribution in [-0.4, -0.2) is 41.7 Å². The van der Waals surface area contributed by atoms with Gasteiger partial charge in [0.15, 0.2) is 0 Å². The maximum atomic E-state index is 11.6. The summed E-state index contributed by atoms with van der Waals surface area (Å²) in [6, 6.07) is 8.28. The molecule has 0 spiro atoms. The molecule has 1 aliphatic heterocycles. The molecule has 0 bridgehead atoms. The Kier molecular flexibility index (Phi) is 4.67. The molecule has 2 fully saturated rings. The quantitative estimate of drug-likeness (QED) is 0.908. The van der Waals surface area contributed by atoms with Crippen molar-refractivity contribution < 1.29 is 14.6 Å². The number of aliphatic carboxylic acids is 1. The molecule has 2 aliphatic rings. The summed E-state index contributed by atoms with van der Waals surface area (Å²) in [6.07, 6.45) is 6.61. The summed E-state index contributed by atoms with van der Waals surface area (Å²) in [7, 11) is 1.67. The summed E-state index contributed by atoms with van der Waals surface area (Å²) >= 11 is 0. The van der Waals surface area contributed by atoms with Crippen molar-refractivity contribution in [3.05, 3.63) is 29.8 Å². The van der Waals surface area contributed by atoms with Crippen molar-refractivity contribution in [2.75, 3.05) is 13.7 Å². The second kappa shape index (κ2) is 6.69. The minimum Gasteiger partial charge on any atom is -0.497 e. The van der Waals surface area contributed by atoms with Crippen molar-refractivity contribution >= 4 is 5.97 Å². The van der Waals surface area contributed by atoms with Crippen LogP contribution in [0.2, 0.25) is 0 Å². The molecule has 0 aromatic heterocycles. The minimum absolute atomic E-state index is 0.286. The van der Waals surface area contributed by atoms with Gasteiger partial charge in [-0.1, -0.05) is 25.0 Å². The summed E-state index contributed by atoms with van der Waals surface area (Å²) in [5.41, 5.74) is 1.24. The van der Waals surface area contributed by atoms with E-state index in [-0.39, 0.29) is 6.04 Å². The van der Waals surface area contributed by atoms with Gasteiger partial charge in [-0.15, -0.1) is 0 Å². The Bertz CT molecular complexity index is 514. The number of carboxylic acid groups (broad SMARTS) is 1.